The first-order chi connectivity index (χ1) is 11.5. The number of carbonyl (C=O) groups excluding carboxylic acids is 1. The van der Waals surface area contributed by atoms with Crippen LogP contribution in [0.2, 0.25) is 0 Å². The number of nitrogens with zero attached hydrogens (tertiary/aromatic N) is 3. The standard InChI is InChI=1S/C16H14N4O4/c1-11(18-16(21)14-6-7-15(24-14)20(22)23)12-4-2-5-13(10-12)19-9-3-8-17-19/h2-11H,1H3,(H,18,21). The molecule has 24 heavy (non-hydrogen) atoms. The lowest BCUT2D eigenvalue weighted by Gasteiger charge is -2.14. The van der Waals surface area contributed by atoms with Crippen LogP contribution in [0.15, 0.2) is 59.3 Å². The molecule has 0 aliphatic heterocycles. The normalized spacial score (nSPS) is 11.9. The number of aromatic nitrogens is 2. The molecule has 0 aliphatic carbocycles. The highest BCUT2D eigenvalue weighted by molar-refractivity contribution is 5.92. The molecule has 0 fully saturated rings. The van der Waals surface area contributed by atoms with Crippen LogP contribution in [0.3, 0.4) is 0 Å². The summed E-state index contributed by atoms with van der Waals surface area (Å²) in [5, 5.41) is 17.5. The minimum Gasteiger partial charge on any atom is -0.395 e. The molecule has 1 atom stereocenters. The number of furan rings is 1. The van der Waals surface area contributed by atoms with Gasteiger partial charge >= 0.3 is 5.88 Å². The monoisotopic (exact) mass is 326 g/mol. The van der Waals surface area contributed by atoms with Gasteiger partial charge < -0.3 is 9.73 Å². The van der Waals surface area contributed by atoms with Crippen LogP contribution in [0.5, 0.6) is 0 Å². The third kappa shape index (κ3) is 3.17. The molecule has 0 saturated heterocycles. The molecule has 8 nitrogen and oxygen atoms in total. The summed E-state index contributed by atoms with van der Waals surface area (Å²) in [4.78, 5) is 22.0. The topological polar surface area (TPSA) is 103 Å². The number of rotatable bonds is 5. The lowest BCUT2D eigenvalue weighted by molar-refractivity contribution is -0.402. The SMILES string of the molecule is CC(NC(=O)c1ccc([N+](=O)[O-])o1)c1cccc(-n2cccn2)c1. The highest BCUT2D eigenvalue weighted by Gasteiger charge is 2.19. The predicted molar refractivity (Wildman–Crippen MR) is 84.8 cm³/mol. The molecule has 0 bridgehead atoms. The van der Waals surface area contributed by atoms with E-state index in [1.165, 1.54) is 6.07 Å². The molecule has 1 aromatic carbocycles. The summed E-state index contributed by atoms with van der Waals surface area (Å²) in [6.07, 6.45) is 3.51. The Hall–Kier alpha value is -3.42. The Morgan fingerprint density at radius 1 is 1.33 bits per heavy atom. The van der Waals surface area contributed by atoms with Crippen LogP contribution in [-0.2, 0) is 0 Å². The van der Waals surface area contributed by atoms with E-state index in [0.29, 0.717) is 0 Å². The molecule has 3 aromatic rings. The molecule has 2 aromatic heterocycles. The van der Waals surface area contributed by atoms with E-state index in [-0.39, 0.29) is 11.8 Å². The predicted octanol–water partition coefficient (Wildman–Crippen LogP) is 2.86. The summed E-state index contributed by atoms with van der Waals surface area (Å²) < 4.78 is 6.62. The molecule has 3 rings (SSSR count). The number of carbonyl (C=O) groups is 1. The van der Waals surface area contributed by atoms with Gasteiger partial charge in [-0.15, -0.1) is 0 Å². The van der Waals surface area contributed by atoms with Gasteiger partial charge in [0.05, 0.1) is 17.8 Å². The molecule has 1 unspecified atom stereocenters. The van der Waals surface area contributed by atoms with E-state index in [2.05, 4.69) is 10.4 Å². The lowest BCUT2D eigenvalue weighted by Crippen LogP contribution is -2.26. The zero-order valence-corrected chi connectivity index (χ0v) is 12.7. The molecule has 0 spiro atoms. The van der Waals surface area contributed by atoms with Gasteiger partial charge in [0.25, 0.3) is 5.91 Å². The number of benzene rings is 1. The van der Waals surface area contributed by atoms with Crippen LogP contribution in [-0.4, -0.2) is 20.6 Å². The van der Waals surface area contributed by atoms with E-state index >= 15 is 0 Å². The number of nitrogens with one attached hydrogen (secondary N) is 1. The molecule has 122 valence electrons. The molecule has 1 amide bonds. The quantitative estimate of drug-likeness (QED) is 0.573. The van der Waals surface area contributed by atoms with E-state index in [9.17, 15) is 14.9 Å². The minimum absolute atomic E-state index is 0.100. The van der Waals surface area contributed by atoms with Gasteiger partial charge in [-0.2, -0.15) is 5.10 Å². The van der Waals surface area contributed by atoms with Crippen molar-refractivity contribution in [3.05, 3.63) is 76.3 Å². The van der Waals surface area contributed by atoms with Gasteiger partial charge in [-0.1, -0.05) is 12.1 Å². The van der Waals surface area contributed by atoms with Gasteiger partial charge in [0.2, 0.25) is 0 Å². The molecule has 0 aliphatic rings. The van der Waals surface area contributed by atoms with Gasteiger partial charge in [0.1, 0.15) is 4.92 Å². The fourth-order valence-electron chi connectivity index (χ4n) is 2.26. The smallest absolute Gasteiger partial charge is 0.395 e. The van der Waals surface area contributed by atoms with Crippen molar-refractivity contribution in [2.24, 2.45) is 0 Å². The highest BCUT2D eigenvalue weighted by Crippen LogP contribution is 2.19. The molecule has 0 radical (unpaired) electrons. The second-order valence-electron chi connectivity index (χ2n) is 5.14. The van der Waals surface area contributed by atoms with Gasteiger partial charge in [-0.3, -0.25) is 14.9 Å². The van der Waals surface area contributed by atoms with Crippen LogP contribution in [0.1, 0.15) is 29.1 Å². The fourth-order valence-corrected chi connectivity index (χ4v) is 2.26. The van der Waals surface area contributed by atoms with Crippen LogP contribution in [0.4, 0.5) is 5.88 Å². The van der Waals surface area contributed by atoms with E-state index in [1.54, 1.807) is 10.9 Å². The summed E-state index contributed by atoms with van der Waals surface area (Å²) >= 11 is 0. The first kappa shape index (κ1) is 15.5. The maximum Gasteiger partial charge on any atom is 0.433 e. The maximum atomic E-state index is 12.1. The van der Waals surface area contributed by atoms with Crippen molar-refractivity contribution in [3.63, 3.8) is 0 Å². The molecule has 1 N–H and O–H groups in total. The van der Waals surface area contributed by atoms with E-state index in [0.717, 1.165) is 17.3 Å². The Kier molecular flexibility index (Phi) is 4.11. The summed E-state index contributed by atoms with van der Waals surface area (Å²) in [6.45, 7) is 1.82. The average Bonchev–Trinajstić information content (AvgIpc) is 3.26. The lowest BCUT2D eigenvalue weighted by atomic mass is 10.1. The fraction of sp³-hybridized carbons (Fsp3) is 0.125. The largest absolute Gasteiger partial charge is 0.433 e. The summed E-state index contributed by atoms with van der Waals surface area (Å²) in [5.41, 5.74) is 1.74. The summed E-state index contributed by atoms with van der Waals surface area (Å²) in [6, 6.07) is 11.5. The van der Waals surface area contributed by atoms with Crippen molar-refractivity contribution >= 4 is 11.8 Å². The molecule has 8 heteroatoms. The second kappa shape index (κ2) is 6.37. The van der Waals surface area contributed by atoms with Crippen molar-refractivity contribution in [1.29, 1.82) is 0 Å². The van der Waals surface area contributed by atoms with Crippen molar-refractivity contribution < 1.29 is 14.1 Å². The van der Waals surface area contributed by atoms with Crippen LogP contribution in [0.25, 0.3) is 5.69 Å². The Morgan fingerprint density at radius 2 is 2.17 bits per heavy atom. The van der Waals surface area contributed by atoms with Crippen molar-refractivity contribution in [1.82, 2.24) is 15.1 Å². The summed E-state index contributed by atoms with van der Waals surface area (Å²) in [7, 11) is 0. The van der Waals surface area contributed by atoms with Gasteiger partial charge in [0, 0.05) is 12.4 Å². The third-order valence-corrected chi connectivity index (χ3v) is 3.48. The first-order valence-electron chi connectivity index (χ1n) is 7.19. The summed E-state index contributed by atoms with van der Waals surface area (Å²) in [5.74, 6) is -1.08. The van der Waals surface area contributed by atoms with Gasteiger partial charge in [-0.25, -0.2) is 4.68 Å². The van der Waals surface area contributed by atoms with Crippen molar-refractivity contribution in [2.75, 3.05) is 0 Å². The Morgan fingerprint density at radius 3 is 2.83 bits per heavy atom. The molecular formula is C16H14N4O4. The van der Waals surface area contributed by atoms with Crippen molar-refractivity contribution in [2.45, 2.75) is 13.0 Å². The zero-order valence-electron chi connectivity index (χ0n) is 12.7. The third-order valence-electron chi connectivity index (χ3n) is 3.48. The number of amides is 1. The Labute approximate surface area is 136 Å². The maximum absolute atomic E-state index is 12.1. The minimum atomic E-state index is -0.687. The number of hydrogen-bond donors (Lipinski definition) is 1. The average molecular weight is 326 g/mol. The van der Waals surface area contributed by atoms with Gasteiger partial charge in [0.15, 0.2) is 5.76 Å². The number of hydrogen-bond acceptors (Lipinski definition) is 5. The van der Waals surface area contributed by atoms with Crippen LogP contribution < -0.4 is 5.32 Å². The molecular weight excluding hydrogens is 312 g/mol. The number of nitro groups is 1. The van der Waals surface area contributed by atoms with E-state index < -0.39 is 16.7 Å². The first-order valence-corrected chi connectivity index (χ1v) is 7.19. The Bertz CT molecular complexity index is 870. The van der Waals surface area contributed by atoms with E-state index in [1.807, 2.05) is 43.5 Å². The van der Waals surface area contributed by atoms with Crippen molar-refractivity contribution in [3.8, 4) is 5.69 Å². The van der Waals surface area contributed by atoms with Crippen LogP contribution >= 0.6 is 0 Å². The van der Waals surface area contributed by atoms with Crippen LogP contribution in [0, 0.1) is 10.1 Å². The Balaban J connectivity index is 1.74. The zero-order chi connectivity index (χ0) is 17.1. The molecule has 2 heterocycles. The van der Waals surface area contributed by atoms with Gasteiger partial charge in [-0.05, 0) is 36.8 Å². The molecule has 0 saturated carbocycles. The highest BCUT2D eigenvalue weighted by atomic mass is 16.6. The van der Waals surface area contributed by atoms with E-state index in [4.69, 9.17) is 4.42 Å². The second-order valence-corrected chi connectivity index (χ2v) is 5.14.